The fraction of sp³-hybridized carbons (Fsp3) is 0.267. The van der Waals surface area contributed by atoms with Gasteiger partial charge >= 0.3 is 5.97 Å². The van der Waals surface area contributed by atoms with Crippen LogP contribution in [0.25, 0.3) is 0 Å². The van der Waals surface area contributed by atoms with Gasteiger partial charge in [-0.05, 0) is 18.1 Å². The van der Waals surface area contributed by atoms with Crippen molar-refractivity contribution in [1.82, 2.24) is 9.97 Å². The molecule has 0 saturated heterocycles. The van der Waals surface area contributed by atoms with Crippen molar-refractivity contribution in [2.75, 3.05) is 17.2 Å². The topological polar surface area (TPSA) is 87.1 Å². The highest BCUT2D eigenvalue weighted by atomic mass is 16.4. The zero-order valence-electron chi connectivity index (χ0n) is 12.0. The van der Waals surface area contributed by atoms with E-state index in [0.717, 1.165) is 6.54 Å². The normalized spacial score (nSPS) is 10.4. The molecule has 0 atom stereocenters. The molecule has 6 heteroatoms. The third-order valence-corrected chi connectivity index (χ3v) is 2.78. The van der Waals surface area contributed by atoms with E-state index in [1.165, 1.54) is 6.33 Å². The molecule has 0 unspecified atom stereocenters. The van der Waals surface area contributed by atoms with E-state index >= 15 is 0 Å². The van der Waals surface area contributed by atoms with E-state index in [9.17, 15) is 4.79 Å². The van der Waals surface area contributed by atoms with Crippen molar-refractivity contribution in [3.05, 3.63) is 42.2 Å². The highest BCUT2D eigenvalue weighted by Gasteiger charge is 2.09. The Morgan fingerprint density at radius 3 is 2.67 bits per heavy atom. The van der Waals surface area contributed by atoms with E-state index in [1.54, 1.807) is 30.3 Å². The largest absolute Gasteiger partial charge is 0.478 e. The summed E-state index contributed by atoms with van der Waals surface area (Å²) < 4.78 is 0. The van der Waals surface area contributed by atoms with Gasteiger partial charge in [-0.25, -0.2) is 14.8 Å². The van der Waals surface area contributed by atoms with Crippen molar-refractivity contribution in [3.63, 3.8) is 0 Å². The molecule has 2 aromatic rings. The van der Waals surface area contributed by atoms with Crippen LogP contribution in [0.5, 0.6) is 0 Å². The predicted molar refractivity (Wildman–Crippen MR) is 82.0 cm³/mol. The van der Waals surface area contributed by atoms with Crippen molar-refractivity contribution in [3.8, 4) is 0 Å². The standard InChI is InChI=1S/C15H18N4O2/c1-10(2)8-16-13-7-14(18-9-17-13)19-12-6-4-3-5-11(12)15(20)21/h3-7,9-10H,8H2,1-2H3,(H,20,21)(H2,16,17,18,19). The summed E-state index contributed by atoms with van der Waals surface area (Å²) in [4.78, 5) is 19.4. The van der Waals surface area contributed by atoms with E-state index < -0.39 is 5.97 Å². The summed E-state index contributed by atoms with van der Waals surface area (Å²) in [7, 11) is 0. The monoisotopic (exact) mass is 286 g/mol. The van der Waals surface area contributed by atoms with Gasteiger partial charge in [0, 0.05) is 12.6 Å². The molecule has 0 aliphatic rings. The minimum absolute atomic E-state index is 0.202. The Balaban J connectivity index is 2.16. The Morgan fingerprint density at radius 1 is 1.24 bits per heavy atom. The summed E-state index contributed by atoms with van der Waals surface area (Å²) in [5, 5.41) is 15.4. The van der Waals surface area contributed by atoms with Crippen LogP contribution in [0.2, 0.25) is 0 Å². The number of aromatic carboxylic acids is 1. The van der Waals surface area contributed by atoms with Gasteiger partial charge in [-0.2, -0.15) is 0 Å². The Bertz CT molecular complexity index is 629. The van der Waals surface area contributed by atoms with Gasteiger partial charge in [0.2, 0.25) is 0 Å². The molecule has 1 aromatic carbocycles. The molecule has 0 amide bonds. The van der Waals surface area contributed by atoms with Crippen LogP contribution in [0.4, 0.5) is 17.3 Å². The van der Waals surface area contributed by atoms with E-state index in [-0.39, 0.29) is 5.56 Å². The SMILES string of the molecule is CC(C)CNc1cc(Nc2ccccc2C(=O)O)ncn1. The zero-order chi connectivity index (χ0) is 15.2. The lowest BCUT2D eigenvalue weighted by Crippen LogP contribution is -2.10. The maximum atomic E-state index is 11.2. The van der Waals surface area contributed by atoms with Crippen LogP contribution in [-0.2, 0) is 0 Å². The lowest BCUT2D eigenvalue weighted by molar-refractivity contribution is 0.0698. The third-order valence-electron chi connectivity index (χ3n) is 2.78. The fourth-order valence-electron chi connectivity index (χ4n) is 1.75. The first-order valence-electron chi connectivity index (χ1n) is 6.71. The number of carboxylic acid groups (broad SMARTS) is 1. The fourth-order valence-corrected chi connectivity index (χ4v) is 1.75. The number of hydrogen-bond acceptors (Lipinski definition) is 5. The van der Waals surface area contributed by atoms with Crippen LogP contribution in [0.1, 0.15) is 24.2 Å². The molecule has 0 radical (unpaired) electrons. The average Bonchev–Trinajstić information content (AvgIpc) is 2.46. The Morgan fingerprint density at radius 2 is 1.95 bits per heavy atom. The van der Waals surface area contributed by atoms with Gasteiger partial charge in [0.15, 0.2) is 0 Å². The summed E-state index contributed by atoms with van der Waals surface area (Å²) in [5.41, 5.74) is 0.700. The molecule has 1 aromatic heterocycles. The van der Waals surface area contributed by atoms with Gasteiger partial charge < -0.3 is 15.7 Å². The first-order valence-corrected chi connectivity index (χ1v) is 6.71. The molecule has 0 spiro atoms. The molecular formula is C15H18N4O2. The van der Waals surface area contributed by atoms with E-state index in [4.69, 9.17) is 5.11 Å². The summed E-state index contributed by atoms with van der Waals surface area (Å²) >= 11 is 0. The Hall–Kier alpha value is -2.63. The number of carboxylic acids is 1. The number of para-hydroxylation sites is 1. The van der Waals surface area contributed by atoms with Crippen LogP contribution in [0.15, 0.2) is 36.7 Å². The average molecular weight is 286 g/mol. The molecule has 0 bridgehead atoms. The first-order chi connectivity index (χ1) is 10.1. The quantitative estimate of drug-likeness (QED) is 0.756. The molecule has 1 heterocycles. The van der Waals surface area contributed by atoms with Gasteiger partial charge in [-0.1, -0.05) is 26.0 Å². The summed E-state index contributed by atoms with van der Waals surface area (Å²) in [5.74, 6) is 0.772. The maximum Gasteiger partial charge on any atom is 0.337 e. The number of benzene rings is 1. The first kappa shape index (κ1) is 14.8. The van der Waals surface area contributed by atoms with Crippen LogP contribution in [-0.4, -0.2) is 27.6 Å². The molecular weight excluding hydrogens is 268 g/mol. The van der Waals surface area contributed by atoms with Crippen LogP contribution < -0.4 is 10.6 Å². The molecule has 0 fully saturated rings. The number of anilines is 3. The molecule has 21 heavy (non-hydrogen) atoms. The molecule has 0 saturated carbocycles. The lowest BCUT2D eigenvalue weighted by atomic mass is 10.2. The molecule has 0 aliphatic carbocycles. The molecule has 110 valence electrons. The Labute approximate surface area is 123 Å². The second-order valence-corrected chi connectivity index (χ2v) is 5.04. The third kappa shape index (κ3) is 4.17. The second-order valence-electron chi connectivity index (χ2n) is 5.04. The second kappa shape index (κ2) is 6.69. The number of nitrogens with one attached hydrogen (secondary N) is 2. The van der Waals surface area contributed by atoms with E-state index in [0.29, 0.717) is 23.2 Å². The highest BCUT2D eigenvalue weighted by Crippen LogP contribution is 2.20. The van der Waals surface area contributed by atoms with Crippen molar-refractivity contribution >= 4 is 23.3 Å². The molecule has 0 aliphatic heterocycles. The molecule has 2 rings (SSSR count). The van der Waals surface area contributed by atoms with Crippen molar-refractivity contribution in [2.24, 2.45) is 5.92 Å². The van der Waals surface area contributed by atoms with Crippen molar-refractivity contribution in [1.29, 1.82) is 0 Å². The minimum atomic E-state index is -0.981. The number of hydrogen-bond donors (Lipinski definition) is 3. The summed E-state index contributed by atoms with van der Waals surface area (Å²) in [6, 6.07) is 8.45. The molecule has 3 N–H and O–H groups in total. The number of carbonyl (C=O) groups is 1. The van der Waals surface area contributed by atoms with Gasteiger partial charge in [0.1, 0.15) is 18.0 Å². The number of rotatable bonds is 6. The van der Waals surface area contributed by atoms with Gasteiger partial charge in [0.05, 0.1) is 11.3 Å². The number of nitrogens with zero attached hydrogens (tertiary/aromatic N) is 2. The summed E-state index contributed by atoms with van der Waals surface area (Å²) in [6.45, 7) is 5.02. The van der Waals surface area contributed by atoms with E-state index in [1.807, 2.05) is 0 Å². The van der Waals surface area contributed by atoms with Crippen molar-refractivity contribution in [2.45, 2.75) is 13.8 Å². The molecule has 6 nitrogen and oxygen atoms in total. The van der Waals surface area contributed by atoms with Crippen LogP contribution >= 0.6 is 0 Å². The van der Waals surface area contributed by atoms with E-state index in [2.05, 4.69) is 34.4 Å². The number of aromatic nitrogens is 2. The lowest BCUT2D eigenvalue weighted by Gasteiger charge is -2.11. The zero-order valence-corrected chi connectivity index (χ0v) is 12.0. The van der Waals surface area contributed by atoms with Crippen molar-refractivity contribution < 1.29 is 9.90 Å². The van der Waals surface area contributed by atoms with Crippen LogP contribution in [0, 0.1) is 5.92 Å². The predicted octanol–water partition coefficient (Wildman–Crippen LogP) is 2.99. The highest BCUT2D eigenvalue weighted by molar-refractivity contribution is 5.95. The summed E-state index contributed by atoms with van der Waals surface area (Å²) in [6.07, 6.45) is 1.44. The van der Waals surface area contributed by atoms with Gasteiger partial charge in [0.25, 0.3) is 0 Å². The smallest absolute Gasteiger partial charge is 0.337 e. The Kier molecular flexibility index (Phi) is 4.71. The minimum Gasteiger partial charge on any atom is -0.478 e. The van der Waals surface area contributed by atoms with Crippen LogP contribution in [0.3, 0.4) is 0 Å². The maximum absolute atomic E-state index is 11.2. The van der Waals surface area contributed by atoms with Gasteiger partial charge in [-0.15, -0.1) is 0 Å². The van der Waals surface area contributed by atoms with Gasteiger partial charge in [-0.3, -0.25) is 0 Å².